The Kier molecular flexibility index (Phi) is 14.4. The van der Waals surface area contributed by atoms with Crippen LogP contribution in [0.5, 0.6) is 0 Å². The van der Waals surface area contributed by atoms with Gasteiger partial charge in [0.25, 0.3) is 0 Å². The van der Waals surface area contributed by atoms with Crippen LogP contribution in [0.15, 0.2) is 0 Å². The van der Waals surface area contributed by atoms with Gasteiger partial charge in [0, 0.05) is 37.7 Å². The average molecular weight is 292 g/mol. The summed E-state index contributed by atoms with van der Waals surface area (Å²) in [4.78, 5) is 0. The van der Waals surface area contributed by atoms with Crippen LogP contribution < -0.4 is 0 Å². The van der Waals surface area contributed by atoms with Gasteiger partial charge < -0.3 is 0 Å². The van der Waals surface area contributed by atoms with Crippen LogP contribution in [0.4, 0.5) is 0 Å². The molecule has 8 nitrogen and oxygen atoms in total. The van der Waals surface area contributed by atoms with Gasteiger partial charge in [-0.1, -0.05) is 0 Å². The van der Waals surface area contributed by atoms with Crippen molar-refractivity contribution in [2.24, 2.45) is 0 Å². The van der Waals surface area contributed by atoms with Crippen molar-refractivity contribution < 1.29 is 34.3 Å². The van der Waals surface area contributed by atoms with Gasteiger partial charge in [-0.15, -0.1) is 0 Å². The summed E-state index contributed by atoms with van der Waals surface area (Å²) in [6.45, 7) is 2.87. The van der Waals surface area contributed by atoms with Crippen molar-refractivity contribution in [2.75, 3.05) is 13.2 Å². The Hall–Kier alpha value is 1.000. The molecule has 2 radical (unpaired) electrons. The summed E-state index contributed by atoms with van der Waals surface area (Å²) in [6.07, 6.45) is 0. The first-order chi connectivity index (χ1) is 6.12. The predicted molar refractivity (Wildman–Crippen MR) is 52.1 cm³/mol. The zero-order valence-corrected chi connectivity index (χ0v) is 12.1. The molecule has 0 spiro atoms. The van der Waals surface area contributed by atoms with Crippen molar-refractivity contribution >= 4 is 58.5 Å². The van der Waals surface area contributed by atoms with Crippen LogP contribution in [0.2, 0.25) is 0 Å². The normalized spacial score (nSPS) is 10.9. The first kappa shape index (κ1) is 21.3. The standard InChI is InChI=1S/2C2H6O4S.Ca/c2*1-2-6-7(3,4)5;/h2*2H2,1H3,(H,3,4,5);. The number of rotatable bonds is 4. The molecule has 2 N–H and O–H groups in total. The molecule has 90 valence electrons. The summed E-state index contributed by atoms with van der Waals surface area (Å²) in [5.41, 5.74) is 0. The summed E-state index contributed by atoms with van der Waals surface area (Å²) in [7, 11) is -8.35. The molecule has 0 aromatic carbocycles. The smallest absolute Gasteiger partial charge is 0.264 e. The maximum atomic E-state index is 9.56. The van der Waals surface area contributed by atoms with E-state index in [2.05, 4.69) is 8.37 Å². The summed E-state index contributed by atoms with van der Waals surface area (Å²) in [5, 5.41) is 0. The fraction of sp³-hybridized carbons (Fsp3) is 1.00. The first-order valence-electron chi connectivity index (χ1n) is 3.36. The molecule has 0 amide bonds. The van der Waals surface area contributed by atoms with E-state index in [0.717, 1.165) is 0 Å². The van der Waals surface area contributed by atoms with E-state index in [-0.39, 0.29) is 51.0 Å². The number of hydrogen-bond acceptors (Lipinski definition) is 6. The summed E-state index contributed by atoms with van der Waals surface area (Å²) in [5.74, 6) is 0. The quantitative estimate of drug-likeness (QED) is 0.513. The zero-order chi connectivity index (χ0) is 11.8. The van der Waals surface area contributed by atoms with Crippen LogP contribution in [0, 0.1) is 0 Å². The van der Waals surface area contributed by atoms with Gasteiger partial charge in [-0.3, -0.25) is 9.11 Å². The van der Waals surface area contributed by atoms with Crippen molar-refractivity contribution in [1.29, 1.82) is 0 Å². The molecule has 15 heavy (non-hydrogen) atoms. The van der Waals surface area contributed by atoms with Gasteiger partial charge in [0.1, 0.15) is 0 Å². The summed E-state index contributed by atoms with van der Waals surface area (Å²) < 4.78 is 61.3. The van der Waals surface area contributed by atoms with E-state index in [0.29, 0.717) is 0 Å². The topological polar surface area (TPSA) is 127 Å². The molecule has 0 rings (SSSR count). The molecule has 0 aliphatic rings. The van der Waals surface area contributed by atoms with Gasteiger partial charge in [0.05, 0.1) is 13.2 Å². The molecule has 11 heteroatoms. The van der Waals surface area contributed by atoms with Gasteiger partial charge in [0.2, 0.25) is 0 Å². The minimum atomic E-state index is -4.17. The van der Waals surface area contributed by atoms with Gasteiger partial charge in [-0.2, -0.15) is 16.8 Å². The molecule has 0 aliphatic carbocycles. The molecule has 0 bridgehead atoms. The Morgan fingerprint density at radius 1 is 0.867 bits per heavy atom. The second-order valence-electron chi connectivity index (χ2n) is 1.67. The molecular formula is C4H12CaO8S2. The third-order valence-electron chi connectivity index (χ3n) is 0.534. The summed E-state index contributed by atoms with van der Waals surface area (Å²) >= 11 is 0. The van der Waals surface area contributed by atoms with E-state index >= 15 is 0 Å². The van der Waals surface area contributed by atoms with Crippen molar-refractivity contribution in [3.8, 4) is 0 Å². The minimum Gasteiger partial charge on any atom is -0.264 e. The Bertz CT molecular complexity index is 285. The largest absolute Gasteiger partial charge is 0.397 e. The summed E-state index contributed by atoms with van der Waals surface area (Å²) in [6, 6.07) is 0. The Labute approximate surface area is 119 Å². The van der Waals surface area contributed by atoms with Crippen molar-refractivity contribution in [3.05, 3.63) is 0 Å². The van der Waals surface area contributed by atoms with Gasteiger partial charge in [-0.05, 0) is 13.8 Å². The van der Waals surface area contributed by atoms with Crippen molar-refractivity contribution in [3.63, 3.8) is 0 Å². The van der Waals surface area contributed by atoms with E-state index in [9.17, 15) is 16.8 Å². The maximum Gasteiger partial charge on any atom is 0.397 e. The monoisotopic (exact) mass is 292 g/mol. The Morgan fingerprint density at radius 3 is 1.07 bits per heavy atom. The molecule has 0 aliphatic heterocycles. The minimum absolute atomic E-state index is 0. The molecule has 0 unspecified atom stereocenters. The Balaban J connectivity index is -0.000000180. The van der Waals surface area contributed by atoms with E-state index in [1.807, 2.05) is 0 Å². The van der Waals surface area contributed by atoms with Crippen LogP contribution in [-0.4, -0.2) is 76.9 Å². The first-order valence-corrected chi connectivity index (χ1v) is 6.09. The second kappa shape index (κ2) is 10.2. The molecule has 0 atom stereocenters. The maximum absolute atomic E-state index is 9.56. The fourth-order valence-corrected chi connectivity index (χ4v) is 0.894. The Morgan fingerprint density at radius 2 is 1.07 bits per heavy atom. The zero-order valence-electron chi connectivity index (χ0n) is 8.28. The number of hydrogen-bond donors (Lipinski definition) is 2. The molecular weight excluding hydrogens is 280 g/mol. The van der Waals surface area contributed by atoms with Crippen LogP contribution in [-0.2, 0) is 29.2 Å². The molecule has 0 saturated heterocycles. The van der Waals surface area contributed by atoms with Crippen LogP contribution in [0.25, 0.3) is 0 Å². The van der Waals surface area contributed by atoms with Crippen LogP contribution in [0.3, 0.4) is 0 Å². The average Bonchev–Trinajstić information content (AvgIpc) is 1.81. The van der Waals surface area contributed by atoms with Crippen molar-refractivity contribution in [2.45, 2.75) is 13.8 Å². The van der Waals surface area contributed by atoms with E-state index < -0.39 is 20.8 Å². The second-order valence-corrected chi connectivity index (χ2v) is 3.85. The SMILES string of the molecule is CCOS(=O)(=O)O.CCOS(=O)(=O)O.[Ca]. The third kappa shape index (κ3) is 31.3. The van der Waals surface area contributed by atoms with E-state index in [4.69, 9.17) is 9.11 Å². The fourth-order valence-electron chi connectivity index (χ4n) is 0.298. The van der Waals surface area contributed by atoms with Gasteiger partial charge in [-0.25, -0.2) is 8.37 Å². The van der Waals surface area contributed by atoms with Crippen LogP contribution in [0.1, 0.15) is 13.8 Å². The van der Waals surface area contributed by atoms with Gasteiger partial charge >= 0.3 is 20.8 Å². The molecule has 0 heterocycles. The van der Waals surface area contributed by atoms with Crippen LogP contribution >= 0.6 is 0 Å². The predicted octanol–water partition coefficient (Wildman–Crippen LogP) is -0.729. The van der Waals surface area contributed by atoms with Gasteiger partial charge in [0.15, 0.2) is 0 Å². The molecule has 0 fully saturated rings. The third-order valence-corrected chi connectivity index (χ3v) is 1.60. The molecule has 0 saturated carbocycles. The van der Waals surface area contributed by atoms with E-state index in [1.54, 1.807) is 0 Å². The molecule has 0 aromatic heterocycles. The molecule has 0 aromatic rings. The van der Waals surface area contributed by atoms with E-state index in [1.165, 1.54) is 13.8 Å². The van der Waals surface area contributed by atoms with Crippen molar-refractivity contribution in [1.82, 2.24) is 0 Å².